The number of carbonyl (C=O) groups is 1. The maximum absolute atomic E-state index is 12.1. The van der Waals surface area contributed by atoms with Gasteiger partial charge >= 0.3 is 5.69 Å². The molecule has 0 aliphatic rings. The van der Waals surface area contributed by atoms with Gasteiger partial charge in [-0.3, -0.25) is 30.0 Å². The molecule has 1 amide bonds. The summed E-state index contributed by atoms with van der Waals surface area (Å²) in [7, 11) is 1.46. The second-order valence-corrected chi connectivity index (χ2v) is 4.68. The molecule has 0 saturated carbocycles. The normalized spacial score (nSPS) is 10.5. The van der Waals surface area contributed by atoms with Gasteiger partial charge in [0.2, 0.25) is 0 Å². The number of aromatic amines is 1. The van der Waals surface area contributed by atoms with Gasteiger partial charge in [0.1, 0.15) is 17.2 Å². The Kier molecular flexibility index (Phi) is 3.59. The Balaban J connectivity index is 1.91. The van der Waals surface area contributed by atoms with Crippen molar-refractivity contribution < 1.29 is 4.79 Å². The lowest BCUT2D eigenvalue weighted by atomic mass is 10.2. The van der Waals surface area contributed by atoms with E-state index < -0.39 is 17.2 Å². The molecule has 3 aromatic heterocycles. The summed E-state index contributed by atoms with van der Waals surface area (Å²) < 4.78 is 1.17. The van der Waals surface area contributed by atoms with E-state index in [9.17, 15) is 14.4 Å². The average Bonchev–Trinajstić information content (AvgIpc) is 2.58. The minimum atomic E-state index is -0.598. The molecule has 0 radical (unpaired) electrons. The van der Waals surface area contributed by atoms with Crippen molar-refractivity contribution in [1.29, 1.82) is 0 Å². The van der Waals surface area contributed by atoms with E-state index in [-0.39, 0.29) is 16.7 Å². The number of hydrogen-bond donors (Lipinski definition) is 3. The molecular formula is C14H12N6O3. The predicted molar refractivity (Wildman–Crippen MR) is 82.9 cm³/mol. The van der Waals surface area contributed by atoms with Gasteiger partial charge in [-0.15, -0.1) is 0 Å². The Bertz CT molecular complexity index is 993. The first-order valence-corrected chi connectivity index (χ1v) is 6.64. The highest BCUT2D eigenvalue weighted by atomic mass is 16.2. The molecule has 0 unspecified atom stereocenters. The Morgan fingerprint density at radius 2 is 2.04 bits per heavy atom. The molecule has 116 valence electrons. The fraction of sp³-hybridized carbons (Fsp3) is 0.0714. The van der Waals surface area contributed by atoms with E-state index in [1.54, 1.807) is 24.4 Å². The molecule has 0 aromatic carbocycles. The van der Waals surface area contributed by atoms with Crippen molar-refractivity contribution in [3.63, 3.8) is 0 Å². The maximum Gasteiger partial charge on any atom is 0.329 e. The van der Waals surface area contributed by atoms with Crippen molar-refractivity contribution in [3.8, 4) is 0 Å². The SMILES string of the molecule is Cn1c(=O)[nH]c(=O)c2ccc(C(=O)NNc3ccccn3)nc21. The fourth-order valence-electron chi connectivity index (χ4n) is 1.97. The van der Waals surface area contributed by atoms with Crippen LogP contribution >= 0.6 is 0 Å². The van der Waals surface area contributed by atoms with Gasteiger partial charge in [0, 0.05) is 13.2 Å². The van der Waals surface area contributed by atoms with E-state index in [1.165, 1.54) is 23.7 Å². The third-order valence-corrected chi connectivity index (χ3v) is 3.16. The van der Waals surface area contributed by atoms with Crippen LogP contribution in [0.15, 0.2) is 46.1 Å². The molecule has 3 aromatic rings. The summed E-state index contributed by atoms with van der Waals surface area (Å²) in [5.41, 5.74) is 4.12. The summed E-state index contributed by atoms with van der Waals surface area (Å²) >= 11 is 0. The number of rotatable bonds is 3. The number of hydrogen-bond acceptors (Lipinski definition) is 6. The third-order valence-electron chi connectivity index (χ3n) is 3.16. The van der Waals surface area contributed by atoms with Crippen LogP contribution in [0.1, 0.15) is 10.5 Å². The van der Waals surface area contributed by atoms with Gasteiger partial charge in [-0.25, -0.2) is 14.8 Å². The van der Waals surface area contributed by atoms with Crippen LogP contribution in [0.3, 0.4) is 0 Å². The Morgan fingerprint density at radius 3 is 2.78 bits per heavy atom. The van der Waals surface area contributed by atoms with Gasteiger partial charge in [0.05, 0.1) is 5.39 Å². The van der Waals surface area contributed by atoms with Crippen molar-refractivity contribution in [2.75, 3.05) is 5.43 Å². The number of nitrogens with one attached hydrogen (secondary N) is 3. The highest BCUT2D eigenvalue weighted by Gasteiger charge is 2.12. The van der Waals surface area contributed by atoms with E-state index in [4.69, 9.17) is 0 Å². The second kappa shape index (κ2) is 5.72. The molecular weight excluding hydrogens is 300 g/mol. The van der Waals surface area contributed by atoms with Crippen LogP contribution in [0.4, 0.5) is 5.82 Å². The first kappa shape index (κ1) is 14.4. The molecule has 3 N–H and O–H groups in total. The quantitative estimate of drug-likeness (QED) is 0.574. The molecule has 0 aliphatic carbocycles. The summed E-state index contributed by atoms with van der Waals surface area (Å²) in [5, 5.41) is 0.223. The molecule has 3 rings (SSSR count). The highest BCUT2D eigenvalue weighted by Crippen LogP contribution is 2.06. The van der Waals surface area contributed by atoms with Crippen LogP contribution in [0.5, 0.6) is 0 Å². The molecule has 0 bridgehead atoms. The molecule has 23 heavy (non-hydrogen) atoms. The number of amides is 1. The highest BCUT2D eigenvalue weighted by molar-refractivity contribution is 5.94. The molecule has 0 saturated heterocycles. The minimum absolute atomic E-state index is 0.0570. The lowest BCUT2D eigenvalue weighted by Gasteiger charge is -2.08. The monoisotopic (exact) mass is 312 g/mol. The zero-order valence-electron chi connectivity index (χ0n) is 12.0. The lowest BCUT2D eigenvalue weighted by molar-refractivity contribution is 0.0958. The number of H-pyrrole nitrogens is 1. The smallest absolute Gasteiger partial charge is 0.282 e. The van der Waals surface area contributed by atoms with Crippen LogP contribution in [-0.4, -0.2) is 25.4 Å². The molecule has 0 spiro atoms. The fourth-order valence-corrected chi connectivity index (χ4v) is 1.97. The van der Waals surface area contributed by atoms with Gasteiger partial charge in [-0.2, -0.15) is 0 Å². The predicted octanol–water partition coefficient (Wildman–Crippen LogP) is -0.226. The van der Waals surface area contributed by atoms with Crippen molar-refractivity contribution >= 4 is 22.8 Å². The van der Waals surface area contributed by atoms with Crippen LogP contribution in [0, 0.1) is 0 Å². The number of nitrogens with zero attached hydrogens (tertiary/aromatic N) is 3. The van der Waals surface area contributed by atoms with Crippen LogP contribution in [0.25, 0.3) is 11.0 Å². The summed E-state index contributed by atoms with van der Waals surface area (Å²) in [6, 6.07) is 8.03. The van der Waals surface area contributed by atoms with Crippen molar-refractivity contribution in [2.24, 2.45) is 7.05 Å². The van der Waals surface area contributed by atoms with E-state index in [0.29, 0.717) is 5.82 Å². The Labute approximate surface area is 129 Å². The maximum atomic E-state index is 12.1. The number of aromatic nitrogens is 4. The van der Waals surface area contributed by atoms with Crippen molar-refractivity contribution in [1.82, 2.24) is 24.9 Å². The van der Waals surface area contributed by atoms with E-state index in [1.807, 2.05) is 0 Å². The number of aryl methyl sites for hydroxylation is 1. The van der Waals surface area contributed by atoms with Crippen molar-refractivity contribution in [3.05, 3.63) is 63.1 Å². The molecule has 3 heterocycles. The van der Waals surface area contributed by atoms with Crippen LogP contribution < -0.4 is 22.1 Å². The molecule has 0 atom stereocenters. The topological polar surface area (TPSA) is 122 Å². The lowest BCUT2D eigenvalue weighted by Crippen LogP contribution is -2.32. The van der Waals surface area contributed by atoms with Gasteiger partial charge in [0.15, 0.2) is 0 Å². The molecule has 9 heteroatoms. The number of carbonyl (C=O) groups excluding carboxylic acids is 1. The summed E-state index contributed by atoms with van der Waals surface area (Å²) in [5.74, 6) is -0.0595. The molecule has 0 fully saturated rings. The van der Waals surface area contributed by atoms with E-state index in [2.05, 4.69) is 25.8 Å². The van der Waals surface area contributed by atoms with Crippen molar-refractivity contribution in [2.45, 2.75) is 0 Å². The summed E-state index contributed by atoms with van der Waals surface area (Å²) in [4.78, 5) is 45.7. The van der Waals surface area contributed by atoms with E-state index in [0.717, 1.165) is 0 Å². The Hall–Kier alpha value is -3.49. The minimum Gasteiger partial charge on any atom is -0.282 e. The van der Waals surface area contributed by atoms with Crippen LogP contribution in [0.2, 0.25) is 0 Å². The first-order valence-electron chi connectivity index (χ1n) is 6.64. The van der Waals surface area contributed by atoms with Gasteiger partial charge in [0.25, 0.3) is 11.5 Å². The number of fused-ring (bicyclic) bond motifs is 1. The summed E-state index contributed by atoms with van der Waals surface area (Å²) in [6.07, 6.45) is 1.57. The zero-order chi connectivity index (χ0) is 16.4. The van der Waals surface area contributed by atoms with Crippen LogP contribution in [-0.2, 0) is 7.05 Å². The number of pyridine rings is 2. The third kappa shape index (κ3) is 2.79. The first-order chi connectivity index (χ1) is 11.1. The second-order valence-electron chi connectivity index (χ2n) is 4.68. The van der Waals surface area contributed by atoms with Gasteiger partial charge in [-0.1, -0.05) is 6.07 Å². The summed E-state index contributed by atoms with van der Waals surface area (Å²) in [6.45, 7) is 0. The zero-order valence-corrected chi connectivity index (χ0v) is 12.0. The Morgan fingerprint density at radius 1 is 1.22 bits per heavy atom. The van der Waals surface area contributed by atoms with Gasteiger partial charge in [-0.05, 0) is 24.3 Å². The standard InChI is InChI=1S/C14H12N6O3/c1-20-11-8(12(21)17-14(20)23)5-6-9(16-11)13(22)19-18-10-4-2-3-7-15-10/h2-7H,1H3,(H,15,18)(H,19,22)(H,17,21,23). The average molecular weight is 312 g/mol. The van der Waals surface area contributed by atoms with E-state index >= 15 is 0 Å². The largest absolute Gasteiger partial charge is 0.329 e. The molecule has 0 aliphatic heterocycles. The van der Waals surface area contributed by atoms with Gasteiger partial charge < -0.3 is 0 Å². The number of hydrazine groups is 1. The number of anilines is 1. The molecule has 9 nitrogen and oxygen atoms in total.